The maximum Gasteiger partial charge on any atom is 0.534 e. The molecule has 1 unspecified atom stereocenters. The van der Waals surface area contributed by atoms with E-state index in [9.17, 15) is 30.8 Å². The minimum atomic E-state index is -5.94. The number of carbonyl (C=O) groups excluding carboxylic acids is 1. The van der Waals surface area contributed by atoms with E-state index in [0.29, 0.717) is 5.56 Å². The Morgan fingerprint density at radius 2 is 1.79 bits per heavy atom. The Morgan fingerprint density at radius 3 is 2.41 bits per heavy atom. The van der Waals surface area contributed by atoms with Crippen LogP contribution in [0.5, 0.6) is 11.5 Å². The SMILES string of the molecule is COc1cc([C@@H](C)N(CCC2C=C(OS(=O)(=O)C(F)(F)F)c3ccccc3O2)C(=O)OC(C)(C)C)ccc1F. The van der Waals surface area contributed by atoms with Crippen molar-refractivity contribution in [1.29, 1.82) is 0 Å². The molecule has 1 amide bonds. The number of amides is 1. The van der Waals surface area contributed by atoms with Gasteiger partial charge in [-0.3, -0.25) is 0 Å². The highest BCUT2D eigenvalue weighted by Crippen LogP contribution is 2.37. The largest absolute Gasteiger partial charge is 0.534 e. The Balaban J connectivity index is 1.90. The van der Waals surface area contributed by atoms with Gasteiger partial charge in [0.05, 0.1) is 18.7 Å². The maximum atomic E-state index is 14.0. The average molecular weight is 576 g/mol. The van der Waals surface area contributed by atoms with Crippen LogP contribution in [0.1, 0.15) is 51.3 Å². The fraction of sp³-hybridized carbons (Fsp3) is 0.423. The molecule has 2 aromatic rings. The lowest BCUT2D eigenvalue weighted by molar-refractivity contribution is -0.0510. The topological polar surface area (TPSA) is 91.4 Å². The van der Waals surface area contributed by atoms with Gasteiger partial charge in [0, 0.05) is 19.0 Å². The predicted octanol–water partition coefficient (Wildman–Crippen LogP) is 6.19. The summed E-state index contributed by atoms with van der Waals surface area (Å²) in [5, 5.41) is 0. The maximum absolute atomic E-state index is 14.0. The number of nitrogens with zero attached hydrogens (tertiary/aromatic N) is 1. The molecule has 1 aliphatic rings. The van der Waals surface area contributed by atoms with Crippen molar-refractivity contribution in [2.45, 2.75) is 57.4 Å². The van der Waals surface area contributed by atoms with E-state index in [4.69, 9.17) is 14.2 Å². The lowest BCUT2D eigenvalue weighted by Gasteiger charge is -2.33. The third-order valence-corrected chi connectivity index (χ3v) is 6.62. The number of alkyl halides is 3. The van der Waals surface area contributed by atoms with Crippen LogP contribution in [0.4, 0.5) is 22.4 Å². The van der Waals surface area contributed by atoms with Crippen molar-refractivity contribution in [2.75, 3.05) is 13.7 Å². The Labute approximate surface area is 224 Å². The molecule has 1 heterocycles. The molecule has 8 nitrogen and oxygen atoms in total. The summed E-state index contributed by atoms with van der Waals surface area (Å²) in [5.74, 6) is -1.04. The molecule has 0 aliphatic carbocycles. The first kappa shape index (κ1) is 30.1. The zero-order valence-corrected chi connectivity index (χ0v) is 22.7. The quantitative estimate of drug-likeness (QED) is 0.211. The number of hydrogen-bond donors (Lipinski definition) is 0. The van der Waals surface area contributed by atoms with Gasteiger partial charge in [0.2, 0.25) is 0 Å². The molecule has 1 aliphatic heterocycles. The van der Waals surface area contributed by atoms with Crippen molar-refractivity contribution in [2.24, 2.45) is 0 Å². The molecule has 0 saturated heterocycles. The van der Waals surface area contributed by atoms with Crippen molar-refractivity contribution < 1.29 is 49.2 Å². The molecule has 39 heavy (non-hydrogen) atoms. The highest BCUT2D eigenvalue weighted by molar-refractivity contribution is 7.87. The monoisotopic (exact) mass is 575 g/mol. The van der Waals surface area contributed by atoms with Gasteiger partial charge in [0.25, 0.3) is 0 Å². The van der Waals surface area contributed by atoms with Crippen LogP contribution in [0.3, 0.4) is 0 Å². The van der Waals surface area contributed by atoms with Gasteiger partial charge in [0.15, 0.2) is 17.3 Å². The molecule has 214 valence electrons. The van der Waals surface area contributed by atoms with Crippen LogP contribution in [0.2, 0.25) is 0 Å². The average Bonchev–Trinajstić information content (AvgIpc) is 2.82. The highest BCUT2D eigenvalue weighted by Gasteiger charge is 2.49. The molecule has 13 heteroatoms. The molecule has 0 saturated carbocycles. The van der Waals surface area contributed by atoms with Gasteiger partial charge in [-0.15, -0.1) is 0 Å². The minimum Gasteiger partial charge on any atom is -0.494 e. The van der Waals surface area contributed by atoms with Crippen molar-refractivity contribution >= 4 is 22.0 Å². The number of benzene rings is 2. The van der Waals surface area contributed by atoms with Gasteiger partial charge < -0.3 is 23.3 Å². The van der Waals surface area contributed by atoms with Gasteiger partial charge in [-0.2, -0.15) is 21.6 Å². The first-order valence-corrected chi connectivity index (χ1v) is 13.2. The first-order chi connectivity index (χ1) is 18.0. The molecule has 0 fully saturated rings. The van der Waals surface area contributed by atoms with Crippen LogP contribution < -0.4 is 9.47 Å². The Kier molecular flexibility index (Phi) is 8.73. The lowest BCUT2D eigenvalue weighted by atomic mass is 10.0. The normalized spacial score (nSPS) is 16.3. The Bertz CT molecular complexity index is 1340. The van der Waals surface area contributed by atoms with E-state index in [0.717, 1.165) is 6.08 Å². The van der Waals surface area contributed by atoms with Gasteiger partial charge in [-0.25, -0.2) is 9.18 Å². The van der Waals surface area contributed by atoms with E-state index in [1.165, 1.54) is 48.4 Å². The molecule has 0 aromatic heterocycles. The molecule has 2 atom stereocenters. The van der Waals surface area contributed by atoms with Crippen LogP contribution in [0, 0.1) is 5.82 Å². The summed E-state index contributed by atoms with van der Waals surface area (Å²) in [4.78, 5) is 14.5. The second-order valence-electron chi connectivity index (χ2n) is 9.70. The standard InChI is InChI=1S/C26H29F4NO7S/c1-16(17-10-11-20(27)23(14-17)35-5)31(24(32)37-25(2,3)4)13-12-18-15-22(38-39(33,34)26(28,29)30)19-8-6-7-9-21(19)36-18/h6-11,14-16,18H,12-13H2,1-5H3/t16-,18?/m1/s1. The number of para-hydroxylation sites is 1. The van der Waals surface area contributed by atoms with Gasteiger partial charge >= 0.3 is 21.7 Å². The molecule has 2 aromatic carbocycles. The summed E-state index contributed by atoms with van der Waals surface area (Å²) in [6, 6.07) is 9.36. The number of carbonyl (C=O) groups is 1. The molecule has 0 bridgehead atoms. The van der Waals surface area contributed by atoms with E-state index >= 15 is 0 Å². The van der Waals surface area contributed by atoms with Crippen LogP contribution in [-0.4, -0.2) is 50.3 Å². The zero-order valence-electron chi connectivity index (χ0n) is 21.9. The number of fused-ring (bicyclic) bond motifs is 1. The van der Waals surface area contributed by atoms with E-state index in [1.807, 2.05) is 0 Å². The third kappa shape index (κ3) is 7.34. The predicted molar refractivity (Wildman–Crippen MR) is 134 cm³/mol. The fourth-order valence-corrected chi connectivity index (χ4v) is 4.23. The Hall–Kier alpha value is -3.48. The number of rotatable bonds is 8. The minimum absolute atomic E-state index is 0.0219. The molecular weight excluding hydrogens is 546 g/mol. The van der Waals surface area contributed by atoms with Crippen LogP contribution in [0.25, 0.3) is 5.76 Å². The Morgan fingerprint density at radius 1 is 1.13 bits per heavy atom. The fourth-order valence-electron chi connectivity index (χ4n) is 3.76. The van der Waals surface area contributed by atoms with E-state index in [-0.39, 0.29) is 30.0 Å². The van der Waals surface area contributed by atoms with Gasteiger partial charge in [0.1, 0.15) is 17.5 Å². The van der Waals surface area contributed by atoms with Gasteiger partial charge in [-0.05, 0) is 57.5 Å². The van der Waals surface area contributed by atoms with Crippen molar-refractivity contribution in [3.05, 3.63) is 65.5 Å². The summed E-state index contributed by atoms with van der Waals surface area (Å²) in [6.07, 6.45) is -0.521. The highest BCUT2D eigenvalue weighted by atomic mass is 32.2. The van der Waals surface area contributed by atoms with Crippen molar-refractivity contribution in [1.82, 2.24) is 4.90 Å². The zero-order chi connectivity index (χ0) is 29.2. The number of methoxy groups -OCH3 is 1. The van der Waals surface area contributed by atoms with Crippen LogP contribution in [-0.2, 0) is 19.0 Å². The van der Waals surface area contributed by atoms with E-state index in [2.05, 4.69) is 4.18 Å². The summed E-state index contributed by atoms with van der Waals surface area (Å²) in [7, 11) is -4.63. The van der Waals surface area contributed by atoms with Crippen LogP contribution >= 0.6 is 0 Å². The number of ether oxygens (including phenoxy) is 3. The van der Waals surface area contributed by atoms with E-state index < -0.39 is 51.0 Å². The molecular formula is C26H29F4NO7S. The summed E-state index contributed by atoms with van der Waals surface area (Å²) in [5.41, 5.74) is -5.92. The number of hydrogen-bond acceptors (Lipinski definition) is 7. The molecule has 3 rings (SSSR count). The summed E-state index contributed by atoms with van der Waals surface area (Å²) in [6.45, 7) is 6.71. The van der Waals surface area contributed by atoms with Crippen LogP contribution in [0.15, 0.2) is 48.5 Å². The van der Waals surface area contributed by atoms with Crippen molar-refractivity contribution in [3.8, 4) is 11.5 Å². The molecule has 0 N–H and O–H groups in total. The summed E-state index contributed by atoms with van der Waals surface area (Å²) >= 11 is 0. The molecule has 0 spiro atoms. The molecule has 0 radical (unpaired) electrons. The van der Waals surface area contributed by atoms with E-state index in [1.54, 1.807) is 33.8 Å². The second kappa shape index (κ2) is 11.3. The van der Waals surface area contributed by atoms with Gasteiger partial charge in [-0.1, -0.05) is 18.2 Å². The first-order valence-electron chi connectivity index (χ1n) is 11.8. The summed E-state index contributed by atoms with van der Waals surface area (Å²) < 4.78 is 97.3. The number of halogens is 4. The lowest BCUT2D eigenvalue weighted by Crippen LogP contribution is -2.40. The third-order valence-electron chi connectivity index (χ3n) is 5.66. The van der Waals surface area contributed by atoms with Crippen molar-refractivity contribution in [3.63, 3.8) is 0 Å². The second-order valence-corrected chi connectivity index (χ2v) is 11.2. The smallest absolute Gasteiger partial charge is 0.494 e.